The quantitative estimate of drug-likeness (QED) is 0.877. The molecule has 1 heterocycles. The van der Waals surface area contributed by atoms with Gasteiger partial charge in [-0.2, -0.15) is 0 Å². The van der Waals surface area contributed by atoms with Crippen LogP contribution >= 0.6 is 0 Å². The van der Waals surface area contributed by atoms with E-state index in [1.165, 1.54) is 6.42 Å². The van der Waals surface area contributed by atoms with Crippen LogP contribution in [0.3, 0.4) is 0 Å². The Bertz CT molecular complexity index is 676. The SMILES string of the molecule is CCC(C)N1C(=O)c2ccccc2C(C(=O)NC(C)C)C12CCCCC2. The van der Waals surface area contributed by atoms with Gasteiger partial charge in [-0.05, 0) is 51.7 Å². The lowest BCUT2D eigenvalue weighted by Crippen LogP contribution is -2.65. The molecule has 26 heavy (non-hydrogen) atoms. The third-order valence-corrected chi connectivity index (χ3v) is 6.18. The standard InChI is InChI=1S/C22H32N2O2/c1-5-16(4)24-21(26)18-12-8-7-11-17(18)19(20(25)23-15(2)3)22(24)13-9-6-10-14-22/h7-8,11-12,15-16,19H,5-6,9-10,13-14H2,1-4H3,(H,23,25). The van der Waals surface area contributed by atoms with Gasteiger partial charge in [0.15, 0.2) is 0 Å². The van der Waals surface area contributed by atoms with E-state index >= 15 is 0 Å². The van der Waals surface area contributed by atoms with Gasteiger partial charge in [0.2, 0.25) is 5.91 Å². The molecule has 2 unspecified atom stereocenters. The fourth-order valence-electron chi connectivity index (χ4n) is 4.97. The van der Waals surface area contributed by atoms with Crippen LogP contribution in [0.5, 0.6) is 0 Å². The number of hydrogen-bond donors (Lipinski definition) is 1. The van der Waals surface area contributed by atoms with Crippen LogP contribution in [0.15, 0.2) is 24.3 Å². The van der Waals surface area contributed by atoms with Crippen LogP contribution in [0, 0.1) is 0 Å². The Morgan fingerprint density at radius 1 is 1.19 bits per heavy atom. The smallest absolute Gasteiger partial charge is 0.254 e. The van der Waals surface area contributed by atoms with Crippen molar-refractivity contribution in [2.24, 2.45) is 0 Å². The molecule has 1 aliphatic heterocycles. The maximum absolute atomic E-state index is 13.5. The van der Waals surface area contributed by atoms with Gasteiger partial charge >= 0.3 is 0 Å². The first kappa shape index (κ1) is 18.9. The van der Waals surface area contributed by atoms with E-state index in [4.69, 9.17) is 0 Å². The second kappa shape index (κ2) is 7.42. The van der Waals surface area contributed by atoms with Crippen molar-refractivity contribution in [2.75, 3.05) is 0 Å². The molecule has 4 heteroatoms. The van der Waals surface area contributed by atoms with Crippen molar-refractivity contribution in [1.29, 1.82) is 0 Å². The van der Waals surface area contributed by atoms with E-state index in [1.807, 2.05) is 38.1 Å². The zero-order valence-corrected chi connectivity index (χ0v) is 16.5. The second-order valence-corrected chi connectivity index (χ2v) is 8.28. The van der Waals surface area contributed by atoms with Gasteiger partial charge in [0.25, 0.3) is 5.91 Å². The van der Waals surface area contributed by atoms with Crippen molar-refractivity contribution in [3.05, 3.63) is 35.4 Å². The van der Waals surface area contributed by atoms with Gasteiger partial charge in [-0.1, -0.05) is 44.4 Å². The number of benzene rings is 1. The molecular weight excluding hydrogens is 324 g/mol. The average molecular weight is 357 g/mol. The Kier molecular flexibility index (Phi) is 5.40. The molecule has 1 aromatic carbocycles. The van der Waals surface area contributed by atoms with Crippen LogP contribution in [0.4, 0.5) is 0 Å². The number of carbonyl (C=O) groups excluding carboxylic acids is 2. The molecule has 4 nitrogen and oxygen atoms in total. The van der Waals surface area contributed by atoms with Gasteiger partial charge in [-0.3, -0.25) is 9.59 Å². The molecule has 1 aromatic rings. The summed E-state index contributed by atoms with van der Waals surface area (Å²) in [5, 5.41) is 3.14. The summed E-state index contributed by atoms with van der Waals surface area (Å²) in [6.45, 7) is 8.24. The lowest BCUT2D eigenvalue weighted by Gasteiger charge is -2.55. The average Bonchev–Trinajstić information content (AvgIpc) is 2.61. The highest BCUT2D eigenvalue weighted by molar-refractivity contribution is 6.02. The van der Waals surface area contributed by atoms with Gasteiger partial charge in [0, 0.05) is 17.6 Å². The Morgan fingerprint density at radius 2 is 1.85 bits per heavy atom. The van der Waals surface area contributed by atoms with Crippen molar-refractivity contribution < 1.29 is 9.59 Å². The first-order valence-electron chi connectivity index (χ1n) is 10.2. The highest BCUT2D eigenvalue weighted by atomic mass is 16.2. The molecule has 0 aromatic heterocycles. The van der Waals surface area contributed by atoms with Crippen molar-refractivity contribution in [3.63, 3.8) is 0 Å². The predicted octanol–water partition coefficient (Wildman–Crippen LogP) is 4.25. The summed E-state index contributed by atoms with van der Waals surface area (Å²) in [7, 11) is 0. The highest BCUT2D eigenvalue weighted by Gasteiger charge is 2.55. The number of nitrogens with zero attached hydrogens (tertiary/aromatic N) is 1. The van der Waals surface area contributed by atoms with E-state index in [0.29, 0.717) is 5.56 Å². The summed E-state index contributed by atoms with van der Waals surface area (Å²) in [5.74, 6) is -0.117. The number of hydrogen-bond acceptors (Lipinski definition) is 2. The van der Waals surface area contributed by atoms with Gasteiger partial charge < -0.3 is 10.2 Å². The molecule has 1 fully saturated rings. The van der Waals surface area contributed by atoms with E-state index < -0.39 is 5.54 Å². The Balaban J connectivity index is 2.19. The molecular formula is C22H32N2O2. The van der Waals surface area contributed by atoms with E-state index in [2.05, 4.69) is 24.1 Å². The number of amides is 2. The molecule has 1 saturated carbocycles. The number of fused-ring (bicyclic) bond motifs is 1. The third kappa shape index (κ3) is 3.04. The lowest BCUT2D eigenvalue weighted by molar-refractivity contribution is -0.128. The predicted molar refractivity (Wildman–Crippen MR) is 104 cm³/mol. The summed E-state index contributed by atoms with van der Waals surface area (Å²) in [6, 6.07) is 7.95. The van der Waals surface area contributed by atoms with Gasteiger partial charge in [0.05, 0.1) is 11.5 Å². The molecule has 1 aliphatic carbocycles. The zero-order chi connectivity index (χ0) is 18.9. The summed E-state index contributed by atoms with van der Waals surface area (Å²) < 4.78 is 0. The monoisotopic (exact) mass is 356 g/mol. The number of carbonyl (C=O) groups is 2. The van der Waals surface area contributed by atoms with Crippen LogP contribution in [-0.4, -0.2) is 34.3 Å². The van der Waals surface area contributed by atoms with Crippen LogP contribution in [0.1, 0.15) is 88.1 Å². The minimum absolute atomic E-state index is 0.0650. The molecule has 0 radical (unpaired) electrons. The third-order valence-electron chi connectivity index (χ3n) is 6.18. The molecule has 2 amide bonds. The molecule has 3 rings (SSSR count). The summed E-state index contributed by atoms with van der Waals surface area (Å²) in [6.07, 6.45) is 6.06. The van der Waals surface area contributed by atoms with Crippen molar-refractivity contribution in [2.45, 2.75) is 89.8 Å². The first-order valence-corrected chi connectivity index (χ1v) is 10.2. The maximum atomic E-state index is 13.5. The highest BCUT2D eigenvalue weighted by Crippen LogP contribution is 2.50. The van der Waals surface area contributed by atoms with Crippen LogP contribution in [-0.2, 0) is 4.79 Å². The topological polar surface area (TPSA) is 49.4 Å². The normalized spacial score (nSPS) is 23.0. The van der Waals surface area contributed by atoms with Crippen molar-refractivity contribution >= 4 is 11.8 Å². The maximum Gasteiger partial charge on any atom is 0.254 e. The summed E-state index contributed by atoms with van der Waals surface area (Å²) >= 11 is 0. The van der Waals surface area contributed by atoms with E-state index in [0.717, 1.165) is 37.7 Å². The number of rotatable bonds is 4. The van der Waals surface area contributed by atoms with Gasteiger partial charge in [-0.25, -0.2) is 0 Å². The minimum Gasteiger partial charge on any atom is -0.353 e. The van der Waals surface area contributed by atoms with E-state index in [1.54, 1.807) is 0 Å². The Labute approximate surface area is 157 Å². The van der Waals surface area contributed by atoms with E-state index in [-0.39, 0.29) is 29.8 Å². The second-order valence-electron chi connectivity index (χ2n) is 8.28. The molecule has 1 N–H and O–H groups in total. The fraction of sp³-hybridized carbons (Fsp3) is 0.636. The molecule has 2 atom stereocenters. The molecule has 142 valence electrons. The molecule has 1 spiro atoms. The fourth-order valence-corrected chi connectivity index (χ4v) is 4.97. The van der Waals surface area contributed by atoms with Gasteiger partial charge in [-0.15, -0.1) is 0 Å². The van der Waals surface area contributed by atoms with Gasteiger partial charge in [0.1, 0.15) is 0 Å². The largest absolute Gasteiger partial charge is 0.353 e. The minimum atomic E-state index is -0.391. The zero-order valence-electron chi connectivity index (χ0n) is 16.5. The first-order chi connectivity index (χ1) is 12.4. The lowest BCUT2D eigenvalue weighted by atomic mass is 9.64. The Morgan fingerprint density at radius 3 is 2.46 bits per heavy atom. The summed E-state index contributed by atoms with van der Waals surface area (Å²) in [5.41, 5.74) is 1.22. The van der Waals surface area contributed by atoms with E-state index in [9.17, 15) is 9.59 Å². The van der Waals surface area contributed by atoms with Crippen LogP contribution in [0.2, 0.25) is 0 Å². The molecule has 0 saturated heterocycles. The Hall–Kier alpha value is -1.84. The number of nitrogens with one attached hydrogen (secondary N) is 1. The molecule has 0 bridgehead atoms. The van der Waals surface area contributed by atoms with Crippen LogP contribution < -0.4 is 5.32 Å². The van der Waals surface area contributed by atoms with Crippen molar-refractivity contribution in [3.8, 4) is 0 Å². The van der Waals surface area contributed by atoms with Crippen LogP contribution in [0.25, 0.3) is 0 Å². The van der Waals surface area contributed by atoms with Crippen molar-refractivity contribution in [1.82, 2.24) is 10.2 Å². The summed E-state index contributed by atoms with van der Waals surface area (Å²) in [4.78, 5) is 28.9. The molecule has 2 aliphatic rings.